The first kappa shape index (κ1) is 16.3. The van der Waals surface area contributed by atoms with Gasteiger partial charge in [-0.2, -0.15) is 0 Å². The molecule has 0 aromatic heterocycles. The van der Waals surface area contributed by atoms with Gasteiger partial charge >= 0.3 is 0 Å². The molecule has 114 valence electrons. The first-order valence-electron chi connectivity index (χ1n) is 6.86. The summed E-state index contributed by atoms with van der Waals surface area (Å²) in [6.45, 7) is 7.85. The molecular formula is C13H24N4O3. The normalized spacial score (nSPS) is 19.7. The van der Waals surface area contributed by atoms with Crippen LogP contribution in [0.5, 0.6) is 0 Å². The lowest BCUT2D eigenvalue weighted by atomic mass is 9.78. The number of hydrogen-bond acceptors (Lipinski definition) is 4. The molecule has 1 aliphatic heterocycles. The van der Waals surface area contributed by atoms with E-state index in [2.05, 4.69) is 10.5 Å². The van der Waals surface area contributed by atoms with Gasteiger partial charge in [-0.05, 0) is 26.7 Å². The molecular weight excluding hydrogens is 260 g/mol. The van der Waals surface area contributed by atoms with Crippen molar-refractivity contribution < 1.29 is 14.8 Å². The Morgan fingerprint density at radius 1 is 1.50 bits per heavy atom. The molecule has 7 heteroatoms. The van der Waals surface area contributed by atoms with Crippen molar-refractivity contribution >= 4 is 17.6 Å². The van der Waals surface area contributed by atoms with Gasteiger partial charge in [-0.1, -0.05) is 19.0 Å². The average Bonchev–Trinajstić information content (AvgIpc) is 2.43. The summed E-state index contributed by atoms with van der Waals surface area (Å²) in [6.07, 6.45) is 0.818. The molecule has 0 aliphatic carbocycles. The number of nitrogens with two attached hydrogens (primary N) is 1. The summed E-state index contributed by atoms with van der Waals surface area (Å²) in [5, 5.41) is 14.8. The quantitative estimate of drug-likeness (QED) is 0.298. The van der Waals surface area contributed by atoms with E-state index in [1.807, 2.05) is 13.8 Å². The van der Waals surface area contributed by atoms with Gasteiger partial charge in [-0.15, -0.1) is 0 Å². The molecule has 0 unspecified atom stereocenters. The van der Waals surface area contributed by atoms with Gasteiger partial charge in [0.2, 0.25) is 11.8 Å². The molecule has 4 N–H and O–H groups in total. The van der Waals surface area contributed by atoms with Crippen LogP contribution in [-0.4, -0.2) is 46.4 Å². The highest BCUT2D eigenvalue weighted by Gasteiger charge is 2.49. The van der Waals surface area contributed by atoms with Crippen LogP contribution in [0.25, 0.3) is 0 Å². The predicted octanol–water partition coefficient (Wildman–Crippen LogP) is 0.276. The van der Waals surface area contributed by atoms with Crippen LogP contribution >= 0.6 is 0 Å². The number of amides is 2. The van der Waals surface area contributed by atoms with E-state index in [-0.39, 0.29) is 17.6 Å². The number of oxime groups is 1. The Bertz CT molecular complexity index is 427. The van der Waals surface area contributed by atoms with E-state index >= 15 is 0 Å². The molecule has 0 radical (unpaired) electrons. The molecule has 2 amide bonds. The summed E-state index contributed by atoms with van der Waals surface area (Å²) in [6, 6.07) is 0. The van der Waals surface area contributed by atoms with Crippen LogP contribution in [0.1, 0.15) is 40.5 Å². The maximum absolute atomic E-state index is 12.9. The number of rotatable bonds is 4. The molecule has 1 aliphatic rings. The van der Waals surface area contributed by atoms with Crippen LogP contribution in [0, 0.1) is 5.41 Å². The van der Waals surface area contributed by atoms with Crippen LogP contribution < -0.4 is 11.1 Å². The molecule has 0 bridgehead atoms. The Labute approximate surface area is 119 Å². The lowest BCUT2D eigenvalue weighted by Crippen LogP contribution is -2.66. The first-order chi connectivity index (χ1) is 9.27. The largest absolute Gasteiger partial charge is 0.409 e. The number of nitrogens with zero attached hydrogens (tertiary/aromatic N) is 2. The third-order valence-electron chi connectivity index (χ3n) is 4.31. The topological polar surface area (TPSA) is 108 Å². The molecule has 0 aromatic rings. The molecule has 20 heavy (non-hydrogen) atoms. The first-order valence-corrected chi connectivity index (χ1v) is 6.86. The van der Waals surface area contributed by atoms with Crippen molar-refractivity contribution in [3.63, 3.8) is 0 Å². The standard InChI is InChI=1S/C13H24N4O3/c1-5-13(6-2,9(14)16-20)11(19)17-8-7-15-10(18)12(17,3)4/h20H,5-8H2,1-4H3,(H2,14,16)(H,15,18). The Balaban J connectivity index is 3.22. The highest BCUT2D eigenvalue weighted by atomic mass is 16.4. The van der Waals surface area contributed by atoms with E-state index in [9.17, 15) is 9.59 Å². The number of hydrogen-bond donors (Lipinski definition) is 3. The summed E-state index contributed by atoms with van der Waals surface area (Å²) < 4.78 is 0. The molecule has 1 saturated heterocycles. The van der Waals surface area contributed by atoms with E-state index in [1.54, 1.807) is 13.8 Å². The number of piperazine rings is 1. The van der Waals surface area contributed by atoms with Crippen LogP contribution in [0.2, 0.25) is 0 Å². The van der Waals surface area contributed by atoms with E-state index < -0.39 is 11.0 Å². The van der Waals surface area contributed by atoms with Gasteiger partial charge in [0.25, 0.3) is 0 Å². The van der Waals surface area contributed by atoms with Gasteiger partial charge in [0.15, 0.2) is 5.84 Å². The lowest BCUT2D eigenvalue weighted by molar-refractivity contribution is -0.154. The van der Waals surface area contributed by atoms with Crippen molar-refractivity contribution in [3.05, 3.63) is 0 Å². The Morgan fingerprint density at radius 3 is 2.50 bits per heavy atom. The maximum Gasteiger partial charge on any atom is 0.245 e. The minimum atomic E-state index is -1.07. The number of amidine groups is 1. The molecule has 0 atom stereocenters. The summed E-state index contributed by atoms with van der Waals surface area (Å²) >= 11 is 0. The van der Waals surface area contributed by atoms with Crippen molar-refractivity contribution in [2.75, 3.05) is 13.1 Å². The van der Waals surface area contributed by atoms with Crippen molar-refractivity contribution in [1.82, 2.24) is 10.2 Å². The molecule has 0 spiro atoms. The average molecular weight is 284 g/mol. The van der Waals surface area contributed by atoms with Crippen LogP contribution in [-0.2, 0) is 9.59 Å². The third kappa shape index (κ3) is 2.32. The molecule has 1 rings (SSSR count). The van der Waals surface area contributed by atoms with E-state index in [0.29, 0.717) is 25.9 Å². The fourth-order valence-electron chi connectivity index (χ4n) is 2.63. The van der Waals surface area contributed by atoms with Gasteiger partial charge in [0.05, 0.1) is 0 Å². The highest BCUT2D eigenvalue weighted by molar-refractivity contribution is 6.08. The summed E-state index contributed by atoms with van der Waals surface area (Å²) in [4.78, 5) is 26.4. The van der Waals surface area contributed by atoms with Gasteiger partial charge in [0, 0.05) is 13.1 Å². The molecule has 0 saturated carbocycles. The van der Waals surface area contributed by atoms with Crippen molar-refractivity contribution in [2.45, 2.75) is 46.1 Å². The molecule has 1 fully saturated rings. The second-order valence-electron chi connectivity index (χ2n) is 5.55. The van der Waals surface area contributed by atoms with Crippen LogP contribution in [0.3, 0.4) is 0 Å². The van der Waals surface area contributed by atoms with E-state index in [4.69, 9.17) is 10.9 Å². The van der Waals surface area contributed by atoms with E-state index in [0.717, 1.165) is 0 Å². The zero-order valence-electron chi connectivity index (χ0n) is 12.6. The Hall–Kier alpha value is -1.79. The zero-order chi connectivity index (χ0) is 15.6. The predicted molar refractivity (Wildman–Crippen MR) is 75.2 cm³/mol. The second-order valence-corrected chi connectivity index (χ2v) is 5.55. The third-order valence-corrected chi connectivity index (χ3v) is 4.31. The van der Waals surface area contributed by atoms with Crippen LogP contribution in [0.4, 0.5) is 0 Å². The van der Waals surface area contributed by atoms with Crippen molar-refractivity contribution in [3.8, 4) is 0 Å². The smallest absolute Gasteiger partial charge is 0.245 e. The molecule has 0 aromatic carbocycles. The SMILES string of the molecule is CCC(CC)(C(=O)N1CCNC(=O)C1(C)C)C(N)=NO. The number of carbonyl (C=O) groups excluding carboxylic acids is 2. The highest BCUT2D eigenvalue weighted by Crippen LogP contribution is 2.33. The number of carbonyl (C=O) groups is 2. The lowest BCUT2D eigenvalue weighted by Gasteiger charge is -2.45. The fourth-order valence-corrected chi connectivity index (χ4v) is 2.63. The number of nitrogens with one attached hydrogen (secondary N) is 1. The van der Waals surface area contributed by atoms with Crippen molar-refractivity contribution in [1.29, 1.82) is 0 Å². The van der Waals surface area contributed by atoms with Gasteiger partial charge < -0.3 is 21.2 Å². The second kappa shape index (κ2) is 5.68. The minimum absolute atomic E-state index is 0.103. The van der Waals surface area contributed by atoms with E-state index in [1.165, 1.54) is 4.90 Å². The molecule has 1 heterocycles. The van der Waals surface area contributed by atoms with Crippen molar-refractivity contribution in [2.24, 2.45) is 16.3 Å². The summed E-state index contributed by atoms with van der Waals surface area (Å²) in [7, 11) is 0. The Morgan fingerprint density at radius 2 is 2.05 bits per heavy atom. The summed E-state index contributed by atoms with van der Waals surface area (Å²) in [5.74, 6) is -0.565. The van der Waals surface area contributed by atoms with Gasteiger partial charge in [0.1, 0.15) is 11.0 Å². The summed E-state index contributed by atoms with van der Waals surface area (Å²) in [5.41, 5.74) is 3.75. The molecule has 7 nitrogen and oxygen atoms in total. The van der Waals surface area contributed by atoms with Gasteiger partial charge in [-0.25, -0.2) is 0 Å². The minimum Gasteiger partial charge on any atom is -0.409 e. The monoisotopic (exact) mass is 284 g/mol. The van der Waals surface area contributed by atoms with Gasteiger partial charge in [-0.3, -0.25) is 9.59 Å². The van der Waals surface area contributed by atoms with Crippen LogP contribution in [0.15, 0.2) is 5.16 Å². The Kier molecular flexibility index (Phi) is 4.62. The fraction of sp³-hybridized carbons (Fsp3) is 0.769. The maximum atomic E-state index is 12.9. The zero-order valence-corrected chi connectivity index (χ0v) is 12.6.